The molecule has 0 aromatic heterocycles. The van der Waals surface area contributed by atoms with Gasteiger partial charge in [0.05, 0.1) is 0 Å². The molecular weight excluding hydrogens is 204 g/mol. The first-order valence-electron chi connectivity index (χ1n) is 4.93. The van der Waals surface area contributed by atoms with Gasteiger partial charge in [-0.05, 0) is 37.3 Å². The lowest BCUT2D eigenvalue weighted by Crippen LogP contribution is -2.08. The van der Waals surface area contributed by atoms with Crippen LogP contribution in [0.4, 0.5) is 11.4 Å². The highest BCUT2D eigenvalue weighted by atomic mass is 16.2. The maximum atomic E-state index is 11.2. The van der Waals surface area contributed by atoms with E-state index in [9.17, 15) is 9.59 Å². The molecule has 0 saturated heterocycles. The predicted molar refractivity (Wildman–Crippen MR) is 64.2 cm³/mol. The highest BCUT2D eigenvalue weighted by Crippen LogP contribution is 2.13. The van der Waals surface area contributed by atoms with Crippen LogP contribution >= 0.6 is 0 Å². The summed E-state index contributed by atoms with van der Waals surface area (Å²) in [6, 6.07) is 6.92. The van der Waals surface area contributed by atoms with Crippen molar-refractivity contribution in [2.45, 2.75) is 13.8 Å². The summed E-state index contributed by atoms with van der Waals surface area (Å²) in [5.74, 6) is -0.291. The monoisotopic (exact) mass is 218 g/mol. The van der Waals surface area contributed by atoms with Crippen LogP contribution in [0.25, 0.3) is 0 Å². The number of nitrogens with one attached hydrogen (secondary N) is 2. The van der Waals surface area contributed by atoms with Gasteiger partial charge in [-0.1, -0.05) is 6.08 Å². The lowest BCUT2D eigenvalue weighted by Gasteiger charge is -2.04. The Morgan fingerprint density at radius 1 is 1.06 bits per heavy atom. The number of allylic oxidation sites excluding steroid dienone is 1. The molecule has 0 fully saturated rings. The van der Waals surface area contributed by atoms with Crippen LogP contribution in [0.2, 0.25) is 0 Å². The van der Waals surface area contributed by atoms with Crippen molar-refractivity contribution in [1.82, 2.24) is 0 Å². The maximum absolute atomic E-state index is 11.2. The second-order valence-electron chi connectivity index (χ2n) is 3.25. The van der Waals surface area contributed by atoms with Crippen molar-refractivity contribution in [2.24, 2.45) is 0 Å². The molecule has 1 aromatic rings. The van der Waals surface area contributed by atoms with Crippen LogP contribution in [0.5, 0.6) is 0 Å². The first kappa shape index (κ1) is 12.0. The number of carbonyl (C=O) groups is 2. The minimum absolute atomic E-state index is 0.120. The van der Waals surface area contributed by atoms with Crippen LogP contribution in [0.1, 0.15) is 13.8 Å². The van der Waals surface area contributed by atoms with Crippen molar-refractivity contribution in [3.8, 4) is 0 Å². The van der Waals surface area contributed by atoms with Crippen molar-refractivity contribution in [1.29, 1.82) is 0 Å². The smallest absolute Gasteiger partial charge is 0.248 e. The van der Waals surface area contributed by atoms with E-state index in [4.69, 9.17) is 0 Å². The van der Waals surface area contributed by atoms with Gasteiger partial charge in [0.1, 0.15) is 0 Å². The zero-order chi connectivity index (χ0) is 12.0. The van der Waals surface area contributed by atoms with E-state index in [0.717, 1.165) is 0 Å². The molecule has 4 heteroatoms. The van der Waals surface area contributed by atoms with E-state index in [1.54, 1.807) is 37.3 Å². The summed E-state index contributed by atoms with van der Waals surface area (Å²) in [6.45, 7) is 3.22. The molecule has 0 aliphatic heterocycles. The Morgan fingerprint density at radius 2 is 1.56 bits per heavy atom. The summed E-state index contributed by atoms with van der Waals surface area (Å²) in [7, 11) is 0. The van der Waals surface area contributed by atoms with E-state index >= 15 is 0 Å². The van der Waals surface area contributed by atoms with Crippen molar-refractivity contribution < 1.29 is 9.59 Å². The SMILES string of the molecule is C/C=C/C(=O)Nc1ccc(NC(C)=O)cc1. The van der Waals surface area contributed by atoms with Gasteiger partial charge in [0.2, 0.25) is 11.8 Å². The fraction of sp³-hybridized carbons (Fsp3) is 0.167. The molecule has 16 heavy (non-hydrogen) atoms. The molecule has 0 aliphatic carbocycles. The maximum Gasteiger partial charge on any atom is 0.248 e. The lowest BCUT2D eigenvalue weighted by atomic mass is 10.2. The van der Waals surface area contributed by atoms with Crippen molar-refractivity contribution in [3.05, 3.63) is 36.4 Å². The zero-order valence-electron chi connectivity index (χ0n) is 9.28. The first-order chi connectivity index (χ1) is 7.61. The molecular formula is C12H14N2O2. The number of rotatable bonds is 3. The van der Waals surface area contributed by atoms with Gasteiger partial charge in [-0.2, -0.15) is 0 Å². The number of hydrogen-bond acceptors (Lipinski definition) is 2. The number of hydrogen-bond donors (Lipinski definition) is 2. The Labute approximate surface area is 94.4 Å². The number of anilines is 2. The standard InChI is InChI=1S/C12H14N2O2/c1-3-4-12(16)14-11-7-5-10(6-8-11)13-9(2)15/h3-8H,1-2H3,(H,13,15)(H,14,16)/b4-3+. The topological polar surface area (TPSA) is 58.2 Å². The fourth-order valence-electron chi connectivity index (χ4n) is 1.18. The third kappa shape index (κ3) is 3.96. The van der Waals surface area contributed by atoms with Gasteiger partial charge in [-0.15, -0.1) is 0 Å². The van der Waals surface area contributed by atoms with E-state index in [0.29, 0.717) is 11.4 Å². The second kappa shape index (κ2) is 5.70. The molecule has 0 atom stereocenters. The van der Waals surface area contributed by atoms with Crippen LogP contribution in [-0.2, 0) is 9.59 Å². The highest BCUT2D eigenvalue weighted by Gasteiger charge is 1.98. The molecule has 1 rings (SSSR count). The molecule has 4 nitrogen and oxygen atoms in total. The van der Waals surface area contributed by atoms with Crippen LogP contribution < -0.4 is 10.6 Å². The molecule has 0 aliphatic rings. The van der Waals surface area contributed by atoms with Crippen LogP contribution in [-0.4, -0.2) is 11.8 Å². The van der Waals surface area contributed by atoms with Gasteiger partial charge in [-0.25, -0.2) is 0 Å². The molecule has 2 amide bonds. The molecule has 2 N–H and O–H groups in total. The first-order valence-corrected chi connectivity index (χ1v) is 4.93. The average molecular weight is 218 g/mol. The zero-order valence-corrected chi connectivity index (χ0v) is 9.28. The summed E-state index contributed by atoms with van der Waals surface area (Å²) >= 11 is 0. The number of amides is 2. The molecule has 1 aromatic carbocycles. The van der Waals surface area contributed by atoms with Gasteiger partial charge in [0.25, 0.3) is 0 Å². The van der Waals surface area contributed by atoms with Gasteiger partial charge in [0, 0.05) is 18.3 Å². The minimum Gasteiger partial charge on any atom is -0.326 e. The quantitative estimate of drug-likeness (QED) is 0.764. The van der Waals surface area contributed by atoms with E-state index in [2.05, 4.69) is 10.6 Å². The Morgan fingerprint density at radius 3 is 2.00 bits per heavy atom. The summed E-state index contributed by atoms with van der Waals surface area (Å²) in [5.41, 5.74) is 1.40. The molecule has 0 spiro atoms. The minimum atomic E-state index is -0.172. The van der Waals surface area contributed by atoms with Gasteiger partial charge >= 0.3 is 0 Å². The van der Waals surface area contributed by atoms with Crippen molar-refractivity contribution in [3.63, 3.8) is 0 Å². The van der Waals surface area contributed by atoms with E-state index in [1.165, 1.54) is 13.0 Å². The normalized spacial score (nSPS) is 10.1. The molecule has 0 radical (unpaired) electrons. The summed E-state index contributed by atoms with van der Waals surface area (Å²) in [5, 5.41) is 5.33. The van der Waals surface area contributed by atoms with Crippen LogP contribution in [0, 0.1) is 0 Å². The van der Waals surface area contributed by atoms with Gasteiger partial charge in [0.15, 0.2) is 0 Å². The predicted octanol–water partition coefficient (Wildman–Crippen LogP) is 2.16. The summed E-state index contributed by atoms with van der Waals surface area (Å²) in [6.07, 6.45) is 3.11. The summed E-state index contributed by atoms with van der Waals surface area (Å²) in [4.78, 5) is 22.0. The second-order valence-corrected chi connectivity index (χ2v) is 3.25. The molecule has 0 unspecified atom stereocenters. The Kier molecular flexibility index (Phi) is 4.27. The number of benzene rings is 1. The molecule has 0 heterocycles. The highest BCUT2D eigenvalue weighted by molar-refractivity contribution is 5.99. The van der Waals surface area contributed by atoms with Crippen LogP contribution in [0.15, 0.2) is 36.4 Å². The Balaban J connectivity index is 2.64. The van der Waals surface area contributed by atoms with Gasteiger partial charge in [-0.3, -0.25) is 9.59 Å². The van der Waals surface area contributed by atoms with E-state index in [-0.39, 0.29) is 11.8 Å². The fourth-order valence-corrected chi connectivity index (χ4v) is 1.18. The largest absolute Gasteiger partial charge is 0.326 e. The molecule has 0 bridgehead atoms. The Hall–Kier alpha value is -2.10. The van der Waals surface area contributed by atoms with E-state index in [1.807, 2.05) is 0 Å². The summed E-state index contributed by atoms with van der Waals surface area (Å²) < 4.78 is 0. The van der Waals surface area contributed by atoms with E-state index < -0.39 is 0 Å². The molecule has 84 valence electrons. The average Bonchev–Trinajstić information content (AvgIpc) is 2.20. The van der Waals surface area contributed by atoms with Crippen molar-refractivity contribution in [2.75, 3.05) is 10.6 Å². The van der Waals surface area contributed by atoms with Gasteiger partial charge < -0.3 is 10.6 Å². The van der Waals surface area contributed by atoms with Crippen molar-refractivity contribution >= 4 is 23.2 Å². The van der Waals surface area contributed by atoms with Crippen LogP contribution in [0.3, 0.4) is 0 Å². The molecule has 0 saturated carbocycles. The third-order valence-corrected chi connectivity index (χ3v) is 1.79. The Bertz CT molecular complexity index is 408. The number of carbonyl (C=O) groups excluding carboxylic acids is 2. The lowest BCUT2D eigenvalue weighted by molar-refractivity contribution is -0.114. The third-order valence-electron chi connectivity index (χ3n) is 1.79.